The van der Waals surface area contributed by atoms with E-state index in [9.17, 15) is 19.8 Å². The van der Waals surface area contributed by atoms with Gasteiger partial charge in [-0.15, -0.1) is 0 Å². The molecule has 0 saturated carbocycles. The van der Waals surface area contributed by atoms with Gasteiger partial charge in [-0.25, -0.2) is 0 Å². The highest BCUT2D eigenvalue weighted by molar-refractivity contribution is 5.76. The van der Waals surface area contributed by atoms with Gasteiger partial charge in [0.1, 0.15) is 0 Å². The molecule has 3 N–H and O–H groups in total. The second-order valence-corrected chi connectivity index (χ2v) is 26.7. The molecular formula is C79H151NO5. The van der Waals surface area contributed by atoms with Crippen molar-refractivity contribution in [2.24, 2.45) is 0 Å². The van der Waals surface area contributed by atoms with Gasteiger partial charge in [-0.2, -0.15) is 0 Å². The summed E-state index contributed by atoms with van der Waals surface area (Å²) in [6.45, 7) is 4.97. The molecule has 1 amide bonds. The Morgan fingerprint density at radius 3 is 0.918 bits per heavy atom. The summed E-state index contributed by atoms with van der Waals surface area (Å²) in [6, 6.07) is -0.543. The predicted molar refractivity (Wildman–Crippen MR) is 375 cm³/mol. The zero-order valence-electron chi connectivity index (χ0n) is 57.6. The van der Waals surface area contributed by atoms with Crippen LogP contribution in [0.2, 0.25) is 0 Å². The van der Waals surface area contributed by atoms with Crippen LogP contribution in [0.4, 0.5) is 0 Å². The van der Waals surface area contributed by atoms with Crippen molar-refractivity contribution in [3.8, 4) is 0 Å². The van der Waals surface area contributed by atoms with Crippen molar-refractivity contribution in [2.75, 3.05) is 13.2 Å². The normalized spacial score (nSPS) is 12.7. The number of amides is 1. The van der Waals surface area contributed by atoms with Gasteiger partial charge in [0, 0.05) is 12.8 Å². The molecule has 0 radical (unpaired) electrons. The molecule has 0 aromatic rings. The summed E-state index contributed by atoms with van der Waals surface area (Å²) in [5, 5.41) is 23.5. The molecule has 0 bridgehead atoms. The number of hydrogen-bond acceptors (Lipinski definition) is 5. The molecule has 0 aromatic carbocycles. The van der Waals surface area contributed by atoms with Gasteiger partial charge in [-0.05, 0) is 83.5 Å². The lowest BCUT2D eigenvalue weighted by Gasteiger charge is -2.22. The molecule has 6 heteroatoms. The Morgan fingerprint density at radius 1 is 0.329 bits per heavy atom. The Bertz CT molecular complexity index is 1380. The first-order valence-electron chi connectivity index (χ1n) is 38.7. The number of nitrogens with one attached hydrogen (secondary N) is 1. The Kier molecular flexibility index (Phi) is 72.9. The molecule has 0 saturated heterocycles. The van der Waals surface area contributed by atoms with Gasteiger partial charge in [0.15, 0.2) is 0 Å². The molecule has 0 aliphatic carbocycles. The average molecular weight is 1200 g/mol. The molecule has 0 aliphatic heterocycles. The average Bonchev–Trinajstić information content (AvgIpc) is 3.51. The maximum absolute atomic E-state index is 12.6. The van der Waals surface area contributed by atoms with Crippen molar-refractivity contribution < 1.29 is 24.5 Å². The number of esters is 1. The fourth-order valence-electron chi connectivity index (χ4n) is 12.3. The molecule has 0 rings (SSSR count). The minimum atomic E-state index is -0.666. The molecule has 0 fully saturated rings. The van der Waals surface area contributed by atoms with E-state index in [0.717, 1.165) is 51.4 Å². The van der Waals surface area contributed by atoms with Crippen LogP contribution in [0.3, 0.4) is 0 Å². The molecular weight excluding hydrogens is 1040 g/mol. The van der Waals surface area contributed by atoms with Crippen molar-refractivity contribution in [3.63, 3.8) is 0 Å². The third-order valence-corrected chi connectivity index (χ3v) is 18.2. The van der Waals surface area contributed by atoms with Gasteiger partial charge < -0.3 is 20.3 Å². The minimum Gasteiger partial charge on any atom is -0.466 e. The van der Waals surface area contributed by atoms with E-state index in [2.05, 4.69) is 55.6 Å². The number of hydrogen-bond donors (Lipinski definition) is 3. The lowest BCUT2D eigenvalue weighted by Crippen LogP contribution is -2.45. The van der Waals surface area contributed by atoms with Crippen LogP contribution in [0.25, 0.3) is 0 Å². The van der Waals surface area contributed by atoms with Crippen LogP contribution in [0.15, 0.2) is 36.5 Å². The van der Waals surface area contributed by atoms with Gasteiger partial charge in [-0.1, -0.05) is 371 Å². The lowest BCUT2D eigenvalue weighted by atomic mass is 10.0. The number of allylic oxidation sites excluding steroid dienone is 6. The number of ether oxygens (including phenoxy) is 1. The summed E-state index contributed by atoms with van der Waals surface area (Å²) in [5.41, 5.74) is 0. The van der Waals surface area contributed by atoms with Crippen LogP contribution in [0.1, 0.15) is 431 Å². The highest BCUT2D eigenvalue weighted by Gasteiger charge is 2.20. The smallest absolute Gasteiger partial charge is 0.305 e. The maximum Gasteiger partial charge on any atom is 0.305 e. The number of aliphatic hydroxyl groups is 2. The van der Waals surface area contributed by atoms with E-state index >= 15 is 0 Å². The molecule has 0 spiro atoms. The molecule has 85 heavy (non-hydrogen) atoms. The SMILES string of the molecule is CCCCCC/C=C\C/C=C\CCCCCCCC(=O)OCCCCCCCCCCCCCC/C=C\CCCCCCCCCCCCCCC(=O)NC(CO)C(O)CCCCCCCCCCCCCCCCCCCCCCCCCC. The highest BCUT2D eigenvalue weighted by atomic mass is 16.5. The number of carbonyl (C=O) groups is 2. The fraction of sp³-hybridized carbons (Fsp3) is 0.899. The summed E-state index contributed by atoms with van der Waals surface area (Å²) >= 11 is 0. The Hall–Kier alpha value is -1.92. The summed E-state index contributed by atoms with van der Waals surface area (Å²) in [7, 11) is 0. The van der Waals surface area contributed by atoms with Crippen LogP contribution in [0, 0.1) is 0 Å². The third kappa shape index (κ3) is 71.0. The van der Waals surface area contributed by atoms with Crippen LogP contribution >= 0.6 is 0 Å². The first-order chi connectivity index (χ1) is 42.0. The number of aliphatic hydroxyl groups excluding tert-OH is 2. The van der Waals surface area contributed by atoms with E-state index in [0.29, 0.717) is 25.9 Å². The number of rotatable bonds is 73. The maximum atomic E-state index is 12.6. The zero-order valence-corrected chi connectivity index (χ0v) is 57.6. The van der Waals surface area contributed by atoms with Gasteiger partial charge >= 0.3 is 5.97 Å². The second kappa shape index (κ2) is 74.5. The van der Waals surface area contributed by atoms with Gasteiger partial charge in [0.05, 0.1) is 25.4 Å². The molecule has 6 nitrogen and oxygen atoms in total. The quantitative estimate of drug-likeness (QED) is 0.0320. The predicted octanol–water partition coefficient (Wildman–Crippen LogP) is 25.4. The van der Waals surface area contributed by atoms with Gasteiger partial charge in [0.25, 0.3) is 0 Å². The van der Waals surface area contributed by atoms with E-state index in [1.54, 1.807) is 0 Å². The number of carbonyl (C=O) groups excluding carboxylic acids is 2. The van der Waals surface area contributed by atoms with Crippen molar-refractivity contribution in [1.29, 1.82) is 0 Å². The van der Waals surface area contributed by atoms with Crippen molar-refractivity contribution in [1.82, 2.24) is 5.32 Å². The summed E-state index contributed by atoms with van der Waals surface area (Å²) in [5.74, 6) is -0.0268. The number of unbranched alkanes of at least 4 members (excludes halogenated alkanes) is 56. The van der Waals surface area contributed by atoms with E-state index < -0.39 is 12.1 Å². The third-order valence-electron chi connectivity index (χ3n) is 18.2. The van der Waals surface area contributed by atoms with Crippen LogP contribution in [-0.2, 0) is 14.3 Å². The monoisotopic (exact) mass is 1190 g/mol. The first kappa shape index (κ1) is 83.1. The minimum absolute atomic E-state index is 0.00314. The van der Waals surface area contributed by atoms with Crippen LogP contribution in [-0.4, -0.2) is 47.4 Å². The summed E-state index contributed by atoms with van der Waals surface area (Å²) in [4.78, 5) is 24.7. The van der Waals surface area contributed by atoms with Crippen LogP contribution in [0.5, 0.6) is 0 Å². The van der Waals surface area contributed by atoms with Gasteiger partial charge in [0.2, 0.25) is 5.91 Å². The Balaban J connectivity index is 3.38. The van der Waals surface area contributed by atoms with Gasteiger partial charge in [-0.3, -0.25) is 9.59 Å². The fourth-order valence-corrected chi connectivity index (χ4v) is 12.3. The first-order valence-corrected chi connectivity index (χ1v) is 38.7. The second-order valence-electron chi connectivity index (χ2n) is 26.7. The van der Waals surface area contributed by atoms with Crippen molar-refractivity contribution in [3.05, 3.63) is 36.5 Å². The van der Waals surface area contributed by atoms with E-state index in [4.69, 9.17) is 4.74 Å². The van der Waals surface area contributed by atoms with Crippen LogP contribution < -0.4 is 5.32 Å². The summed E-state index contributed by atoms with van der Waals surface area (Å²) in [6.07, 6.45) is 96.5. The zero-order chi connectivity index (χ0) is 61.3. The Labute approximate surface area is 532 Å². The standard InChI is InChI=1S/C79H151NO5/c1-3-5-7-9-11-13-15-17-19-21-22-23-24-31-34-37-40-43-47-51-55-59-63-67-71-77(82)76(75-81)80-78(83)72-68-64-60-56-52-48-44-41-38-35-32-29-27-25-26-28-30-33-36-39-42-46-50-54-58-62-66-70-74-85-79(84)73-69-65-61-57-53-49-45-20-18-16-14-12-10-8-6-4-2/h14,16,20,25-26,45,76-77,81-82H,3-13,15,17-19,21-24,27-44,46-75H2,1-2H3,(H,80,83)/b16-14-,26-25-,45-20-. The summed E-state index contributed by atoms with van der Waals surface area (Å²) < 4.78 is 5.49. The topological polar surface area (TPSA) is 95.9 Å². The molecule has 0 aliphatic rings. The molecule has 2 atom stereocenters. The largest absolute Gasteiger partial charge is 0.466 e. The van der Waals surface area contributed by atoms with E-state index in [1.165, 1.54) is 347 Å². The highest BCUT2D eigenvalue weighted by Crippen LogP contribution is 2.19. The van der Waals surface area contributed by atoms with Crippen molar-refractivity contribution in [2.45, 2.75) is 443 Å². The molecule has 0 heterocycles. The van der Waals surface area contributed by atoms with E-state index in [1.807, 2.05) is 0 Å². The van der Waals surface area contributed by atoms with E-state index in [-0.39, 0.29) is 18.5 Å². The molecule has 502 valence electrons. The molecule has 0 aromatic heterocycles. The Morgan fingerprint density at radius 2 is 0.588 bits per heavy atom. The lowest BCUT2D eigenvalue weighted by molar-refractivity contribution is -0.143. The molecule has 2 unspecified atom stereocenters. The van der Waals surface area contributed by atoms with Crippen molar-refractivity contribution >= 4 is 11.9 Å².